The third kappa shape index (κ3) is 5.98. The second kappa shape index (κ2) is 9.64. The van der Waals surface area contributed by atoms with Gasteiger partial charge in [0.2, 0.25) is 17.6 Å². The largest absolute Gasteiger partial charge is 0.493 e. The van der Waals surface area contributed by atoms with Gasteiger partial charge in [-0.3, -0.25) is 9.59 Å². The van der Waals surface area contributed by atoms with Crippen molar-refractivity contribution in [2.45, 2.75) is 32.7 Å². The summed E-state index contributed by atoms with van der Waals surface area (Å²) in [5.74, 6) is 1.21. The van der Waals surface area contributed by atoms with Crippen LogP contribution >= 0.6 is 0 Å². The van der Waals surface area contributed by atoms with Crippen molar-refractivity contribution in [1.29, 1.82) is 0 Å². The Morgan fingerprint density at radius 1 is 1.00 bits per heavy atom. The fourth-order valence-electron chi connectivity index (χ4n) is 2.18. The summed E-state index contributed by atoms with van der Waals surface area (Å²) in [7, 11) is 4.62. The third-order valence-electron chi connectivity index (χ3n) is 3.26. The van der Waals surface area contributed by atoms with Crippen LogP contribution in [0.2, 0.25) is 0 Å². The van der Waals surface area contributed by atoms with Gasteiger partial charge in [-0.15, -0.1) is 0 Å². The molecule has 0 unspecified atom stereocenters. The Balaban J connectivity index is 2.60. The maximum Gasteiger partial charge on any atom is 0.239 e. The highest BCUT2D eigenvalue weighted by atomic mass is 16.5. The molecular weight excluding hydrogens is 312 g/mol. The van der Waals surface area contributed by atoms with Gasteiger partial charge >= 0.3 is 0 Å². The monoisotopic (exact) mass is 338 g/mol. The highest BCUT2D eigenvalue weighted by Crippen LogP contribution is 2.38. The average Bonchev–Trinajstić information content (AvgIpc) is 2.56. The van der Waals surface area contributed by atoms with E-state index >= 15 is 0 Å². The lowest BCUT2D eigenvalue weighted by Crippen LogP contribution is -2.39. The number of nitrogens with one attached hydrogen (secondary N) is 2. The number of ether oxygens (including phenoxy) is 3. The molecule has 0 atom stereocenters. The van der Waals surface area contributed by atoms with Crippen LogP contribution in [0.3, 0.4) is 0 Å². The minimum absolute atomic E-state index is 0.0216. The molecule has 0 spiro atoms. The van der Waals surface area contributed by atoms with Crippen LogP contribution in [0, 0.1) is 0 Å². The van der Waals surface area contributed by atoms with Crippen LogP contribution in [0.4, 0.5) is 0 Å². The summed E-state index contributed by atoms with van der Waals surface area (Å²) in [5.41, 5.74) is 0.881. The zero-order valence-corrected chi connectivity index (χ0v) is 14.9. The molecule has 1 rings (SSSR count). The molecule has 7 heteroatoms. The van der Waals surface area contributed by atoms with Gasteiger partial charge in [0, 0.05) is 12.5 Å². The zero-order valence-electron chi connectivity index (χ0n) is 14.9. The molecule has 0 aliphatic rings. The highest BCUT2D eigenvalue weighted by Gasteiger charge is 2.14. The molecule has 0 aliphatic heterocycles. The smallest absolute Gasteiger partial charge is 0.239 e. The van der Waals surface area contributed by atoms with Gasteiger partial charge in [-0.2, -0.15) is 0 Å². The first-order valence-corrected chi connectivity index (χ1v) is 7.76. The van der Waals surface area contributed by atoms with E-state index in [0.29, 0.717) is 23.7 Å². The maximum absolute atomic E-state index is 11.9. The lowest BCUT2D eigenvalue weighted by Gasteiger charge is -2.14. The van der Waals surface area contributed by atoms with Crippen molar-refractivity contribution in [2.75, 3.05) is 27.9 Å². The first kappa shape index (κ1) is 19.6. The number of amides is 2. The van der Waals surface area contributed by atoms with E-state index in [0.717, 1.165) is 5.56 Å². The minimum Gasteiger partial charge on any atom is -0.493 e. The van der Waals surface area contributed by atoms with Gasteiger partial charge in [0.05, 0.1) is 27.9 Å². The molecule has 2 amide bonds. The number of hydrogen-bond donors (Lipinski definition) is 2. The number of rotatable bonds is 9. The van der Waals surface area contributed by atoms with E-state index in [9.17, 15) is 9.59 Å². The van der Waals surface area contributed by atoms with Crippen LogP contribution in [0.25, 0.3) is 0 Å². The molecule has 134 valence electrons. The molecule has 2 N–H and O–H groups in total. The second-order valence-electron chi connectivity index (χ2n) is 5.53. The lowest BCUT2D eigenvalue weighted by atomic mass is 10.1. The van der Waals surface area contributed by atoms with Crippen LogP contribution < -0.4 is 24.8 Å². The normalized spacial score (nSPS) is 10.2. The summed E-state index contributed by atoms with van der Waals surface area (Å²) in [6.07, 6.45) is 0.752. The molecular formula is C17H26N2O5. The molecule has 24 heavy (non-hydrogen) atoms. The Hall–Kier alpha value is -2.44. The maximum atomic E-state index is 11.9. The summed E-state index contributed by atoms with van der Waals surface area (Å²) in [6, 6.07) is 3.66. The van der Waals surface area contributed by atoms with E-state index in [4.69, 9.17) is 14.2 Å². The number of carbonyl (C=O) groups excluding carboxylic acids is 2. The number of hydrogen-bond acceptors (Lipinski definition) is 5. The lowest BCUT2D eigenvalue weighted by molar-refractivity contribution is -0.126. The zero-order chi connectivity index (χ0) is 18.1. The van der Waals surface area contributed by atoms with E-state index in [2.05, 4.69) is 10.6 Å². The van der Waals surface area contributed by atoms with Crippen LogP contribution in [0.1, 0.15) is 25.8 Å². The summed E-state index contributed by atoms with van der Waals surface area (Å²) in [5, 5.41) is 5.31. The summed E-state index contributed by atoms with van der Waals surface area (Å²) >= 11 is 0. The van der Waals surface area contributed by atoms with E-state index < -0.39 is 0 Å². The quantitative estimate of drug-likeness (QED) is 0.708. The Bertz CT molecular complexity index is 547. The van der Waals surface area contributed by atoms with Gasteiger partial charge < -0.3 is 24.8 Å². The van der Waals surface area contributed by atoms with Crippen LogP contribution in [0.15, 0.2) is 12.1 Å². The van der Waals surface area contributed by atoms with Gasteiger partial charge in [-0.1, -0.05) is 0 Å². The molecule has 1 aromatic rings. The summed E-state index contributed by atoms with van der Waals surface area (Å²) < 4.78 is 15.8. The Labute approximate surface area is 142 Å². The molecule has 0 saturated carbocycles. The molecule has 1 aromatic carbocycles. The van der Waals surface area contributed by atoms with Crippen molar-refractivity contribution in [3.05, 3.63) is 17.7 Å². The van der Waals surface area contributed by atoms with E-state index in [-0.39, 0.29) is 30.8 Å². The van der Waals surface area contributed by atoms with Gasteiger partial charge in [-0.05, 0) is 38.0 Å². The van der Waals surface area contributed by atoms with Gasteiger partial charge in [0.15, 0.2) is 11.5 Å². The van der Waals surface area contributed by atoms with Gasteiger partial charge in [0.25, 0.3) is 0 Å². The van der Waals surface area contributed by atoms with Crippen molar-refractivity contribution >= 4 is 11.8 Å². The Morgan fingerprint density at radius 2 is 1.58 bits per heavy atom. The SMILES string of the molecule is COc1cc(CCC(=O)NCC(=O)NC(C)C)cc(OC)c1OC. The first-order valence-electron chi connectivity index (χ1n) is 7.76. The third-order valence-corrected chi connectivity index (χ3v) is 3.26. The van der Waals surface area contributed by atoms with Crippen molar-refractivity contribution < 1.29 is 23.8 Å². The van der Waals surface area contributed by atoms with Gasteiger partial charge in [-0.25, -0.2) is 0 Å². The molecule has 0 radical (unpaired) electrons. The molecule has 0 saturated heterocycles. The molecule has 0 fully saturated rings. The molecule has 0 bridgehead atoms. The predicted molar refractivity (Wildman–Crippen MR) is 90.7 cm³/mol. The van der Waals surface area contributed by atoms with Crippen molar-refractivity contribution in [1.82, 2.24) is 10.6 Å². The molecule has 7 nitrogen and oxygen atoms in total. The topological polar surface area (TPSA) is 85.9 Å². The molecule has 0 aliphatic carbocycles. The van der Waals surface area contributed by atoms with Crippen molar-refractivity contribution in [2.24, 2.45) is 0 Å². The number of methoxy groups -OCH3 is 3. The van der Waals surface area contributed by atoms with Crippen LogP contribution in [0.5, 0.6) is 17.2 Å². The number of carbonyl (C=O) groups is 2. The first-order chi connectivity index (χ1) is 11.4. The number of aryl methyl sites for hydroxylation is 1. The molecule has 0 aromatic heterocycles. The van der Waals surface area contributed by atoms with Crippen LogP contribution in [-0.2, 0) is 16.0 Å². The second-order valence-corrected chi connectivity index (χ2v) is 5.53. The van der Waals surface area contributed by atoms with Crippen LogP contribution in [-0.4, -0.2) is 45.7 Å². The fraction of sp³-hybridized carbons (Fsp3) is 0.529. The van der Waals surface area contributed by atoms with Gasteiger partial charge in [0.1, 0.15) is 0 Å². The van der Waals surface area contributed by atoms with Crippen molar-refractivity contribution in [3.63, 3.8) is 0 Å². The molecule has 0 heterocycles. The van der Waals surface area contributed by atoms with E-state index in [1.807, 2.05) is 13.8 Å². The number of benzene rings is 1. The van der Waals surface area contributed by atoms with E-state index in [1.54, 1.807) is 26.4 Å². The fourth-order valence-corrected chi connectivity index (χ4v) is 2.18. The predicted octanol–water partition coefficient (Wildman–Crippen LogP) is 1.29. The summed E-state index contributed by atoms with van der Waals surface area (Å²) in [6.45, 7) is 3.71. The highest BCUT2D eigenvalue weighted by molar-refractivity contribution is 5.84. The minimum atomic E-state index is -0.203. The van der Waals surface area contributed by atoms with E-state index in [1.165, 1.54) is 7.11 Å². The van der Waals surface area contributed by atoms with Crippen molar-refractivity contribution in [3.8, 4) is 17.2 Å². The average molecular weight is 338 g/mol. The Morgan fingerprint density at radius 3 is 2.04 bits per heavy atom. The Kier molecular flexibility index (Phi) is 7.88. The summed E-state index contributed by atoms with van der Waals surface area (Å²) in [4.78, 5) is 23.4. The standard InChI is InChI=1S/C17H26N2O5/c1-11(2)19-16(21)10-18-15(20)7-6-12-8-13(22-3)17(24-5)14(9-12)23-4/h8-9,11H,6-7,10H2,1-5H3,(H,18,20)(H,19,21).